The molecule has 13 heavy (non-hydrogen) atoms. The van der Waals surface area contributed by atoms with E-state index in [0.29, 0.717) is 0 Å². The van der Waals surface area contributed by atoms with Crippen molar-refractivity contribution in [3.8, 4) is 0 Å². The van der Waals surface area contributed by atoms with E-state index in [2.05, 4.69) is 21.4 Å². The zero-order valence-electron chi connectivity index (χ0n) is 7.82. The maximum Gasteiger partial charge on any atom is 0.134 e. The van der Waals surface area contributed by atoms with Crippen LogP contribution >= 0.6 is 0 Å². The first-order valence-electron chi connectivity index (χ1n) is 4.94. The zero-order chi connectivity index (χ0) is 8.93. The lowest BCUT2D eigenvalue weighted by atomic mass is 10.1. The van der Waals surface area contributed by atoms with Crippen LogP contribution in [-0.2, 0) is 6.54 Å². The van der Waals surface area contributed by atoms with Gasteiger partial charge in [0.15, 0.2) is 0 Å². The molecular weight excluding hydrogens is 164 g/mol. The highest BCUT2D eigenvalue weighted by atomic mass is 15.4. The first-order valence-corrected chi connectivity index (χ1v) is 4.94. The molecule has 0 aromatic carbocycles. The molecule has 0 bridgehead atoms. The van der Waals surface area contributed by atoms with E-state index >= 15 is 0 Å². The molecule has 0 aliphatic carbocycles. The summed E-state index contributed by atoms with van der Waals surface area (Å²) in [7, 11) is 0. The Labute approximate surface area is 78.5 Å². The highest BCUT2D eigenvalue weighted by Gasteiger charge is 2.09. The summed E-state index contributed by atoms with van der Waals surface area (Å²) in [5.74, 6) is 0. The van der Waals surface area contributed by atoms with E-state index in [-0.39, 0.29) is 0 Å². The lowest BCUT2D eigenvalue weighted by Crippen LogP contribution is -2.32. The van der Waals surface area contributed by atoms with Gasteiger partial charge in [-0.15, -0.1) is 5.10 Å². The number of aromatic nitrogens is 3. The topological polar surface area (TPSA) is 34.0 Å². The first kappa shape index (κ1) is 8.69. The van der Waals surface area contributed by atoms with Crippen LogP contribution < -0.4 is 0 Å². The zero-order valence-corrected chi connectivity index (χ0v) is 7.82. The van der Waals surface area contributed by atoms with E-state index in [1.165, 1.54) is 32.4 Å². The Balaban J connectivity index is 1.72. The van der Waals surface area contributed by atoms with Crippen LogP contribution in [0.25, 0.3) is 0 Å². The van der Waals surface area contributed by atoms with E-state index in [4.69, 9.17) is 0 Å². The fourth-order valence-electron chi connectivity index (χ4n) is 1.74. The number of piperidine rings is 1. The van der Waals surface area contributed by atoms with Crippen LogP contribution in [0.2, 0.25) is 0 Å². The van der Waals surface area contributed by atoms with Crippen LogP contribution in [0.1, 0.15) is 19.3 Å². The van der Waals surface area contributed by atoms with Gasteiger partial charge in [0.1, 0.15) is 6.20 Å². The van der Waals surface area contributed by atoms with Gasteiger partial charge in [-0.3, -0.25) is 4.68 Å². The summed E-state index contributed by atoms with van der Waals surface area (Å²) in [5, 5.41) is 7.54. The van der Waals surface area contributed by atoms with Crippen molar-refractivity contribution in [1.29, 1.82) is 0 Å². The monoisotopic (exact) mass is 179 g/mol. The molecular formula is C9H15N4. The quantitative estimate of drug-likeness (QED) is 0.680. The van der Waals surface area contributed by atoms with Crippen molar-refractivity contribution in [2.45, 2.75) is 25.8 Å². The van der Waals surface area contributed by atoms with Crippen molar-refractivity contribution in [2.75, 3.05) is 19.6 Å². The third-order valence-corrected chi connectivity index (χ3v) is 2.52. The molecule has 1 aliphatic rings. The highest BCUT2D eigenvalue weighted by Crippen LogP contribution is 2.07. The van der Waals surface area contributed by atoms with Crippen molar-refractivity contribution in [2.24, 2.45) is 0 Å². The van der Waals surface area contributed by atoms with Gasteiger partial charge in [0.25, 0.3) is 0 Å². The summed E-state index contributed by atoms with van der Waals surface area (Å²) in [6.07, 6.45) is 8.59. The van der Waals surface area contributed by atoms with E-state index in [1.807, 2.05) is 4.68 Å². The lowest BCUT2D eigenvalue weighted by molar-refractivity contribution is 0.217. The molecule has 2 rings (SSSR count). The molecule has 0 N–H and O–H groups in total. The summed E-state index contributed by atoms with van der Waals surface area (Å²) in [6.45, 7) is 4.53. The molecule has 0 spiro atoms. The predicted octanol–water partition coefficient (Wildman–Crippen LogP) is 0.564. The SMILES string of the molecule is [c]1cn(CCN2CCCCC2)nn1. The average molecular weight is 179 g/mol. The van der Waals surface area contributed by atoms with Crippen LogP contribution in [0.5, 0.6) is 0 Å². The molecule has 1 saturated heterocycles. The van der Waals surface area contributed by atoms with Gasteiger partial charge in [0, 0.05) is 6.54 Å². The summed E-state index contributed by atoms with van der Waals surface area (Å²) in [4.78, 5) is 2.49. The number of rotatable bonds is 3. The van der Waals surface area contributed by atoms with Gasteiger partial charge in [-0.1, -0.05) is 11.6 Å². The van der Waals surface area contributed by atoms with Crippen LogP contribution in [-0.4, -0.2) is 39.5 Å². The fourth-order valence-corrected chi connectivity index (χ4v) is 1.74. The maximum atomic E-state index is 3.89. The molecule has 0 amide bonds. The lowest BCUT2D eigenvalue weighted by Gasteiger charge is -2.25. The molecule has 1 fully saturated rings. The standard InChI is InChI=1S/C9H15N4/c1-2-5-12(6-3-1)8-9-13-7-4-10-11-13/h7H,1-3,5-6,8-9H2. The third-order valence-electron chi connectivity index (χ3n) is 2.52. The van der Waals surface area contributed by atoms with Crippen molar-refractivity contribution in [1.82, 2.24) is 19.9 Å². The Morgan fingerprint density at radius 2 is 2.00 bits per heavy atom. The molecule has 0 atom stereocenters. The number of likely N-dealkylation sites (tertiary alicyclic amines) is 1. The Bertz CT molecular complexity index is 226. The minimum Gasteiger partial charge on any atom is -0.301 e. The second-order valence-corrected chi connectivity index (χ2v) is 3.51. The summed E-state index contributed by atoms with van der Waals surface area (Å²) in [5.41, 5.74) is 0. The van der Waals surface area contributed by atoms with Crippen molar-refractivity contribution >= 4 is 0 Å². The van der Waals surface area contributed by atoms with Gasteiger partial charge < -0.3 is 4.90 Å². The second-order valence-electron chi connectivity index (χ2n) is 3.51. The molecule has 71 valence electrons. The smallest absolute Gasteiger partial charge is 0.134 e. The Morgan fingerprint density at radius 1 is 1.15 bits per heavy atom. The highest BCUT2D eigenvalue weighted by molar-refractivity contribution is 4.66. The van der Waals surface area contributed by atoms with Crippen molar-refractivity contribution in [3.05, 3.63) is 12.4 Å². The molecule has 1 aromatic heterocycles. The van der Waals surface area contributed by atoms with Gasteiger partial charge in [-0.25, -0.2) is 0 Å². The van der Waals surface area contributed by atoms with Crippen molar-refractivity contribution in [3.63, 3.8) is 0 Å². The molecule has 2 heterocycles. The molecule has 1 aromatic rings. The van der Waals surface area contributed by atoms with Gasteiger partial charge in [0.2, 0.25) is 0 Å². The number of nitrogens with zero attached hydrogens (tertiary/aromatic N) is 4. The van der Waals surface area contributed by atoms with Gasteiger partial charge in [-0.05, 0) is 25.9 Å². The van der Waals surface area contributed by atoms with E-state index < -0.39 is 0 Å². The minimum atomic E-state index is 0.941. The van der Waals surface area contributed by atoms with E-state index in [9.17, 15) is 0 Å². The summed E-state index contributed by atoms with van der Waals surface area (Å²) in [6, 6.07) is 0. The van der Waals surface area contributed by atoms with Crippen LogP contribution in [0, 0.1) is 6.20 Å². The molecule has 4 heteroatoms. The molecule has 0 unspecified atom stereocenters. The van der Waals surface area contributed by atoms with Gasteiger partial charge in [0.05, 0.1) is 12.7 Å². The molecule has 0 saturated carbocycles. The fraction of sp³-hybridized carbons (Fsp3) is 0.778. The molecule has 1 aliphatic heterocycles. The first-order chi connectivity index (χ1) is 6.45. The Kier molecular flexibility index (Phi) is 2.92. The molecule has 1 radical (unpaired) electrons. The normalized spacial score (nSPS) is 19.1. The maximum absolute atomic E-state index is 3.89. The van der Waals surface area contributed by atoms with Gasteiger partial charge >= 0.3 is 0 Å². The van der Waals surface area contributed by atoms with Crippen LogP contribution in [0.4, 0.5) is 0 Å². The third kappa shape index (κ3) is 2.52. The van der Waals surface area contributed by atoms with E-state index in [1.54, 1.807) is 6.20 Å². The summed E-state index contributed by atoms with van der Waals surface area (Å²) < 4.78 is 1.84. The number of hydrogen-bond donors (Lipinski definition) is 0. The second kappa shape index (κ2) is 4.37. The van der Waals surface area contributed by atoms with Crippen LogP contribution in [0.15, 0.2) is 6.20 Å². The Morgan fingerprint density at radius 3 is 2.69 bits per heavy atom. The number of hydrogen-bond acceptors (Lipinski definition) is 3. The van der Waals surface area contributed by atoms with Gasteiger partial charge in [-0.2, -0.15) is 0 Å². The summed E-state index contributed by atoms with van der Waals surface area (Å²) >= 11 is 0. The van der Waals surface area contributed by atoms with Crippen molar-refractivity contribution < 1.29 is 0 Å². The average Bonchev–Trinajstić information content (AvgIpc) is 2.69. The largest absolute Gasteiger partial charge is 0.301 e. The Hall–Kier alpha value is -0.900. The van der Waals surface area contributed by atoms with E-state index in [0.717, 1.165) is 13.1 Å². The molecule has 4 nitrogen and oxygen atoms in total. The predicted molar refractivity (Wildman–Crippen MR) is 49.1 cm³/mol. The van der Waals surface area contributed by atoms with Crippen LogP contribution in [0.3, 0.4) is 0 Å². The minimum absolute atomic E-state index is 0.941.